The molecule has 1 aromatic carbocycles. The van der Waals surface area contributed by atoms with Crippen LogP contribution in [0.4, 0.5) is 13.2 Å². The second kappa shape index (κ2) is 5.87. The average Bonchev–Trinajstić information content (AvgIpc) is 2.52. The Morgan fingerprint density at radius 3 is 2.77 bits per heavy atom. The van der Waals surface area contributed by atoms with Gasteiger partial charge in [0, 0.05) is 5.39 Å². The number of benzene rings is 1. The van der Waals surface area contributed by atoms with E-state index in [9.17, 15) is 13.2 Å². The summed E-state index contributed by atoms with van der Waals surface area (Å²) in [6.07, 6.45) is -0.392. The minimum atomic E-state index is -4.35. The number of allylic oxidation sites excluding steroid dienone is 1. The van der Waals surface area contributed by atoms with E-state index in [1.807, 2.05) is 6.08 Å². The molecule has 0 bridgehead atoms. The van der Waals surface area contributed by atoms with E-state index in [2.05, 4.69) is 4.98 Å². The average molecular weight is 309 g/mol. The SMILES string of the molecule is FC(F)(F)COc1ccc2nc(C3=CCCCO3)ccc2c1. The van der Waals surface area contributed by atoms with Crippen molar-refractivity contribution in [2.24, 2.45) is 0 Å². The molecule has 6 heteroatoms. The summed E-state index contributed by atoms with van der Waals surface area (Å²) in [5.41, 5.74) is 1.42. The van der Waals surface area contributed by atoms with Crippen LogP contribution in [0.1, 0.15) is 18.5 Å². The van der Waals surface area contributed by atoms with Gasteiger partial charge in [0.2, 0.25) is 0 Å². The van der Waals surface area contributed by atoms with Gasteiger partial charge in [0.25, 0.3) is 0 Å². The van der Waals surface area contributed by atoms with E-state index < -0.39 is 12.8 Å². The van der Waals surface area contributed by atoms with Gasteiger partial charge >= 0.3 is 6.18 Å². The summed E-state index contributed by atoms with van der Waals surface area (Å²) in [4.78, 5) is 4.48. The molecule has 0 atom stereocenters. The lowest BCUT2D eigenvalue weighted by atomic mass is 10.1. The lowest BCUT2D eigenvalue weighted by molar-refractivity contribution is -0.153. The van der Waals surface area contributed by atoms with Crippen LogP contribution in [-0.2, 0) is 4.74 Å². The first-order chi connectivity index (χ1) is 10.5. The number of ether oxygens (including phenoxy) is 2. The van der Waals surface area contributed by atoms with E-state index >= 15 is 0 Å². The smallest absolute Gasteiger partial charge is 0.422 e. The van der Waals surface area contributed by atoms with E-state index in [4.69, 9.17) is 9.47 Å². The molecule has 0 unspecified atom stereocenters. The predicted octanol–water partition coefficient (Wildman–Crippen LogP) is 4.33. The molecule has 0 saturated heterocycles. The third-order valence-electron chi connectivity index (χ3n) is 3.25. The number of hydrogen-bond donors (Lipinski definition) is 0. The number of fused-ring (bicyclic) bond motifs is 1. The van der Waals surface area contributed by atoms with Crippen LogP contribution < -0.4 is 4.74 Å². The highest BCUT2D eigenvalue weighted by Gasteiger charge is 2.28. The Morgan fingerprint density at radius 2 is 2.05 bits per heavy atom. The van der Waals surface area contributed by atoms with Crippen molar-refractivity contribution in [3.8, 4) is 5.75 Å². The molecule has 2 aromatic rings. The first kappa shape index (κ1) is 14.7. The lowest BCUT2D eigenvalue weighted by Gasteiger charge is -2.15. The van der Waals surface area contributed by atoms with Gasteiger partial charge in [0.05, 0.1) is 12.1 Å². The van der Waals surface area contributed by atoms with Gasteiger partial charge in [0.1, 0.15) is 17.2 Å². The maximum atomic E-state index is 12.2. The molecule has 0 aliphatic carbocycles. The summed E-state index contributed by atoms with van der Waals surface area (Å²) in [6.45, 7) is -0.624. The number of halogens is 3. The van der Waals surface area contributed by atoms with Crippen LogP contribution in [-0.4, -0.2) is 24.4 Å². The Balaban J connectivity index is 1.83. The van der Waals surface area contributed by atoms with Crippen LogP contribution in [0, 0.1) is 0 Å². The summed E-state index contributed by atoms with van der Waals surface area (Å²) in [5.74, 6) is 0.929. The van der Waals surface area contributed by atoms with Crippen molar-refractivity contribution >= 4 is 16.7 Å². The molecule has 0 saturated carbocycles. The molecule has 3 nitrogen and oxygen atoms in total. The van der Waals surface area contributed by atoms with Gasteiger partial charge < -0.3 is 9.47 Å². The maximum absolute atomic E-state index is 12.2. The van der Waals surface area contributed by atoms with Crippen molar-refractivity contribution in [2.45, 2.75) is 19.0 Å². The van der Waals surface area contributed by atoms with Crippen LogP contribution >= 0.6 is 0 Å². The first-order valence-corrected chi connectivity index (χ1v) is 6.95. The lowest BCUT2D eigenvalue weighted by Crippen LogP contribution is -2.19. The quantitative estimate of drug-likeness (QED) is 0.846. The van der Waals surface area contributed by atoms with E-state index in [1.54, 1.807) is 24.3 Å². The zero-order chi connectivity index (χ0) is 15.6. The fourth-order valence-corrected chi connectivity index (χ4v) is 2.23. The van der Waals surface area contributed by atoms with E-state index in [-0.39, 0.29) is 5.75 Å². The van der Waals surface area contributed by atoms with Crippen LogP contribution in [0.15, 0.2) is 36.4 Å². The van der Waals surface area contributed by atoms with Crippen molar-refractivity contribution in [3.05, 3.63) is 42.1 Å². The number of aromatic nitrogens is 1. The second-order valence-corrected chi connectivity index (χ2v) is 5.01. The predicted molar refractivity (Wildman–Crippen MR) is 76.5 cm³/mol. The van der Waals surface area contributed by atoms with Gasteiger partial charge in [-0.3, -0.25) is 0 Å². The molecule has 1 aliphatic rings. The second-order valence-electron chi connectivity index (χ2n) is 5.01. The standard InChI is InChI=1S/C16H14F3NO2/c17-16(18,19)10-22-12-5-7-13-11(9-12)4-6-14(20-13)15-3-1-2-8-21-15/h3-7,9H,1-2,8,10H2. The Hall–Kier alpha value is -2.24. The molecule has 0 N–H and O–H groups in total. The van der Waals surface area contributed by atoms with Crippen molar-refractivity contribution in [1.82, 2.24) is 4.98 Å². The number of hydrogen-bond acceptors (Lipinski definition) is 3. The number of alkyl halides is 3. The molecule has 1 aromatic heterocycles. The Morgan fingerprint density at radius 1 is 1.18 bits per heavy atom. The largest absolute Gasteiger partial charge is 0.492 e. The minimum Gasteiger partial charge on any atom is -0.492 e. The Bertz CT molecular complexity index is 710. The Kier molecular flexibility index (Phi) is 3.92. The molecule has 116 valence electrons. The van der Waals surface area contributed by atoms with E-state index in [0.717, 1.165) is 29.7 Å². The summed E-state index contributed by atoms with van der Waals surface area (Å²) < 4.78 is 46.8. The molecule has 0 spiro atoms. The molecular weight excluding hydrogens is 295 g/mol. The number of rotatable bonds is 3. The minimum absolute atomic E-state index is 0.174. The summed E-state index contributed by atoms with van der Waals surface area (Å²) in [7, 11) is 0. The third-order valence-corrected chi connectivity index (χ3v) is 3.25. The zero-order valence-electron chi connectivity index (χ0n) is 11.7. The molecule has 0 radical (unpaired) electrons. The van der Waals surface area contributed by atoms with Gasteiger partial charge in [0.15, 0.2) is 6.61 Å². The van der Waals surface area contributed by atoms with Gasteiger partial charge in [-0.25, -0.2) is 4.98 Å². The van der Waals surface area contributed by atoms with Gasteiger partial charge in [-0.2, -0.15) is 13.2 Å². The number of pyridine rings is 1. The molecular formula is C16H14F3NO2. The molecule has 22 heavy (non-hydrogen) atoms. The monoisotopic (exact) mass is 309 g/mol. The van der Waals surface area contributed by atoms with E-state index in [1.165, 1.54) is 6.07 Å². The number of nitrogens with zero attached hydrogens (tertiary/aromatic N) is 1. The van der Waals surface area contributed by atoms with Gasteiger partial charge in [-0.15, -0.1) is 0 Å². The van der Waals surface area contributed by atoms with Crippen molar-refractivity contribution < 1.29 is 22.6 Å². The highest BCUT2D eigenvalue weighted by molar-refractivity contribution is 5.81. The fraction of sp³-hybridized carbons (Fsp3) is 0.312. The molecule has 1 aliphatic heterocycles. The highest BCUT2D eigenvalue weighted by Crippen LogP contribution is 2.25. The summed E-state index contributed by atoms with van der Waals surface area (Å²) >= 11 is 0. The summed E-state index contributed by atoms with van der Waals surface area (Å²) in [6, 6.07) is 8.28. The normalized spacial score (nSPS) is 15.3. The summed E-state index contributed by atoms with van der Waals surface area (Å²) in [5, 5.41) is 0.722. The van der Waals surface area contributed by atoms with Crippen LogP contribution in [0.25, 0.3) is 16.7 Å². The molecule has 0 fully saturated rings. The van der Waals surface area contributed by atoms with Crippen molar-refractivity contribution in [3.63, 3.8) is 0 Å². The van der Waals surface area contributed by atoms with Crippen molar-refractivity contribution in [2.75, 3.05) is 13.2 Å². The van der Waals surface area contributed by atoms with Crippen molar-refractivity contribution in [1.29, 1.82) is 0 Å². The third kappa shape index (κ3) is 3.50. The first-order valence-electron chi connectivity index (χ1n) is 6.95. The van der Waals surface area contributed by atoms with E-state index in [0.29, 0.717) is 12.1 Å². The topological polar surface area (TPSA) is 31.4 Å². The van der Waals surface area contributed by atoms with Crippen LogP contribution in [0.5, 0.6) is 5.75 Å². The highest BCUT2D eigenvalue weighted by atomic mass is 19.4. The van der Waals surface area contributed by atoms with Crippen LogP contribution in [0.2, 0.25) is 0 Å². The fourth-order valence-electron chi connectivity index (χ4n) is 2.23. The Labute approximate surface area is 125 Å². The maximum Gasteiger partial charge on any atom is 0.422 e. The zero-order valence-corrected chi connectivity index (χ0v) is 11.7. The van der Waals surface area contributed by atoms with Crippen LogP contribution in [0.3, 0.4) is 0 Å². The molecule has 3 rings (SSSR count). The molecule has 0 amide bonds. The van der Waals surface area contributed by atoms with Gasteiger partial charge in [-0.1, -0.05) is 6.07 Å². The molecule has 2 heterocycles. The van der Waals surface area contributed by atoms with Gasteiger partial charge in [-0.05, 0) is 43.2 Å².